The molecular formula is C20H31IN6OS. The van der Waals surface area contributed by atoms with Gasteiger partial charge in [0.25, 0.3) is 0 Å². The largest absolute Gasteiger partial charge is 0.364 e. The van der Waals surface area contributed by atoms with Crippen molar-refractivity contribution in [2.45, 2.75) is 32.5 Å². The van der Waals surface area contributed by atoms with E-state index in [9.17, 15) is 0 Å². The molecule has 0 amide bonds. The van der Waals surface area contributed by atoms with Gasteiger partial charge in [-0.3, -0.25) is 14.8 Å². The highest BCUT2D eigenvalue weighted by Gasteiger charge is 2.23. The minimum absolute atomic E-state index is 0. The van der Waals surface area contributed by atoms with Crippen LogP contribution in [0.4, 0.5) is 0 Å². The van der Waals surface area contributed by atoms with Crippen LogP contribution in [-0.2, 0) is 19.5 Å². The van der Waals surface area contributed by atoms with Gasteiger partial charge in [0.1, 0.15) is 6.26 Å². The number of nitrogens with zero attached hydrogens (tertiary/aromatic N) is 5. The first-order chi connectivity index (χ1) is 13.7. The first-order valence-corrected chi connectivity index (χ1v) is 11.0. The zero-order chi connectivity index (χ0) is 19.3. The van der Waals surface area contributed by atoms with Gasteiger partial charge in [0.05, 0.1) is 5.69 Å². The van der Waals surface area contributed by atoms with Gasteiger partial charge in [0, 0.05) is 76.4 Å². The van der Waals surface area contributed by atoms with Gasteiger partial charge in [-0.15, -0.1) is 35.3 Å². The van der Waals surface area contributed by atoms with Crippen molar-refractivity contribution in [3.05, 3.63) is 39.9 Å². The average Bonchev–Trinajstić information content (AvgIpc) is 3.40. The number of nitrogens with one attached hydrogen (secondary N) is 1. The average molecular weight is 530 g/mol. The van der Waals surface area contributed by atoms with Crippen LogP contribution in [0.2, 0.25) is 0 Å². The second kappa shape index (κ2) is 10.7. The molecule has 1 unspecified atom stereocenters. The lowest BCUT2D eigenvalue weighted by Gasteiger charge is -2.37. The van der Waals surface area contributed by atoms with Crippen LogP contribution in [0, 0.1) is 0 Å². The minimum Gasteiger partial charge on any atom is -0.364 e. The van der Waals surface area contributed by atoms with Gasteiger partial charge < -0.3 is 14.7 Å². The maximum Gasteiger partial charge on any atom is 0.193 e. The van der Waals surface area contributed by atoms with Crippen LogP contribution in [0.25, 0.3) is 0 Å². The Morgan fingerprint density at radius 3 is 2.83 bits per heavy atom. The number of hydrogen-bond donors (Lipinski definition) is 1. The Hall–Kier alpha value is -1.17. The van der Waals surface area contributed by atoms with Crippen molar-refractivity contribution in [3.63, 3.8) is 0 Å². The Morgan fingerprint density at radius 1 is 1.28 bits per heavy atom. The molecule has 0 saturated carbocycles. The number of thiophene rings is 1. The van der Waals surface area contributed by atoms with Crippen molar-refractivity contribution in [1.29, 1.82) is 0 Å². The van der Waals surface area contributed by atoms with E-state index in [-0.39, 0.29) is 24.0 Å². The summed E-state index contributed by atoms with van der Waals surface area (Å²) in [6.07, 6.45) is 2.82. The predicted octanol–water partition coefficient (Wildman–Crippen LogP) is 2.49. The van der Waals surface area contributed by atoms with Crippen LogP contribution in [-0.4, -0.2) is 78.2 Å². The van der Waals surface area contributed by atoms with Gasteiger partial charge >= 0.3 is 0 Å². The fourth-order valence-corrected chi connectivity index (χ4v) is 4.90. The molecule has 4 rings (SSSR count). The highest BCUT2D eigenvalue weighted by atomic mass is 127. The van der Waals surface area contributed by atoms with Crippen LogP contribution in [0.1, 0.15) is 23.1 Å². The number of aromatic nitrogens is 1. The Kier molecular flexibility index (Phi) is 8.34. The van der Waals surface area contributed by atoms with Gasteiger partial charge in [-0.05, 0) is 30.4 Å². The van der Waals surface area contributed by atoms with Gasteiger partial charge in [-0.2, -0.15) is 0 Å². The summed E-state index contributed by atoms with van der Waals surface area (Å²) in [6, 6.07) is 4.70. The van der Waals surface area contributed by atoms with Crippen LogP contribution in [0.15, 0.2) is 33.3 Å². The Morgan fingerprint density at radius 2 is 2.10 bits per heavy atom. The third kappa shape index (κ3) is 5.71. The molecule has 1 saturated heterocycles. The number of rotatable bonds is 5. The monoisotopic (exact) mass is 530 g/mol. The van der Waals surface area contributed by atoms with Gasteiger partial charge in [-0.25, -0.2) is 0 Å². The number of aliphatic imine (C=N–C) groups is 1. The smallest absolute Gasteiger partial charge is 0.193 e. The summed E-state index contributed by atoms with van der Waals surface area (Å²) < 4.78 is 4.93. The lowest BCUT2D eigenvalue weighted by atomic mass is 10.1. The van der Waals surface area contributed by atoms with Crippen molar-refractivity contribution < 1.29 is 4.52 Å². The van der Waals surface area contributed by atoms with E-state index in [2.05, 4.69) is 48.5 Å². The molecule has 0 aromatic carbocycles. The van der Waals surface area contributed by atoms with E-state index < -0.39 is 0 Å². The second-order valence-electron chi connectivity index (χ2n) is 7.62. The summed E-state index contributed by atoms with van der Waals surface area (Å²) in [5.74, 6) is 1.01. The topological polar surface area (TPSA) is 60.1 Å². The number of piperazine rings is 1. The molecule has 0 bridgehead atoms. The molecule has 2 aromatic heterocycles. The maximum absolute atomic E-state index is 4.93. The third-order valence-corrected chi connectivity index (χ3v) is 6.80. The van der Waals surface area contributed by atoms with Crippen LogP contribution < -0.4 is 5.32 Å². The molecule has 160 valence electrons. The molecular weight excluding hydrogens is 499 g/mol. The van der Waals surface area contributed by atoms with Gasteiger partial charge in [0.2, 0.25) is 0 Å². The Bertz CT molecular complexity index is 772. The predicted molar refractivity (Wildman–Crippen MR) is 128 cm³/mol. The normalized spacial score (nSPS) is 19.5. The second-order valence-corrected chi connectivity index (χ2v) is 8.62. The molecule has 9 heteroatoms. The van der Waals surface area contributed by atoms with E-state index >= 15 is 0 Å². The fourth-order valence-electron chi connectivity index (χ4n) is 4.01. The first kappa shape index (κ1) is 22.5. The van der Waals surface area contributed by atoms with E-state index in [0.29, 0.717) is 6.04 Å². The molecule has 0 radical (unpaired) electrons. The van der Waals surface area contributed by atoms with Gasteiger partial charge in [-0.1, -0.05) is 5.16 Å². The molecule has 2 aliphatic rings. The van der Waals surface area contributed by atoms with E-state index in [1.165, 1.54) is 12.0 Å². The fraction of sp³-hybridized carbons (Fsp3) is 0.600. The third-order valence-electron chi connectivity index (χ3n) is 5.78. The Balaban J connectivity index is 0.00000240. The lowest BCUT2D eigenvalue weighted by Crippen LogP contribution is -2.54. The summed E-state index contributed by atoms with van der Waals surface area (Å²) >= 11 is 1.90. The zero-order valence-corrected chi connectivity index (χ0v) is 20.4. The quantitative estimate of drug-likeness (QED) is 0.364. The minimum atomic E-state index is 0. The van der Waals surface area contributed by atoms with Crippen molar-refractivity contribution in [2.24, 2.45) is 4.99 Å². The van der Waals surface area contributed by atoms with Crippen molar-refractivity contribution in [2.75, 3.05) is 46.3 Å². The highest BCUT2D eigenvalue weighted by Crippen LogP contribution is 2.25. The summed E-state index contributed by atoms with van der Waals surface area (Å²) in [7, 11) is 1.88. The SMILES string of the molecule is CN=C(NCC(C)N1CCc2sccc2C1)N1CCN(Cc2ccon2)CC1.I. The molecule has 0 aliphatic carbocycles. The molecule has 2 aliphatic heterocycles. The highest BCUT2D eigenvalue weighted by molar-refractivity contribution is 14.0. The standard InChI is InChI=1S/C20H30N6OS.HI/c1-16(26-6-3-19-17(14-26)5-12-28-19)13-22-20(21-2)25-9-7-24(8-10-25)15-18-4-11-27-23-18;/h4-5,11-12,16H,3,6-10,13-15H2,1-2H3,(H,21,22);1H. The van der Waals surface area contributed by atoms with Gasteiger partial charge in [0.15, 0.2) is 5.96 Å². The van der Waals surface area contributed by atoms with E-state index in [0.717, 1.165) is 64.0 Å². The number of halogens is 1. The molecule has 1 fully saturated rings. The maximum atomic E-state index is 4.93. The van der Waals surface area contributed by atoms with Crippen LogP contribution in [0.5, 0.6) is 0 Å². The molecule has 7 nitrogen and oxygen atoms in total. The molecule has 1 atom stereocenters. The van der Waals surface area contributed by atoms with E-state index in [1.54, 1.807) is 11.1 Å². The molecule has 2 aromatic rings. The number of guanidine groups is 1. The van der Waals surface area contributed by atoms with Crippen molar-refractivity contribution >= 4 is 41.3 Å². The summed E-state index contributed by atoms with van der Waals surface area (Å²) in [4.78, 5) is 13.4. The summed E-state index contributed by atoms with van der Waals surface area (Å²) in [5, 5.41) is 9.84. The van der Waals surface area contributed by atoms with Crippen molar-refractivity contribution in [3.8, 4) is 0 Å². The molecule has 1 N–H and O–H groups in total. The zero-order valence-electron chi connectivity index (χ0n) is 17.2. The van der Waals surface area contributed by atoms with Crippen molar-refractivity contribution in [1.82, 2.24) is 25.2 Å². The lowest BCUT2D eigenvalue weighted by molar-refractivity contribution is 0.165. The summed E-state index contributed by atoms with van der Waals surface area (Å²) in [5.41, 5.74) is 2.51. The number of hydrogen-bond acceptors (Lipinski definition) is 6. The van der Waals surface area contributed by atoms with Crippen LogP contribution in [0.3, 0.4) is 0 Å². The number of fused-ring (bicyclic) bond motifs is 1. The van der Waals surface area contributed by atoms with E-state index in [1.807, 2.05) is 24.5 Å². The summed E-state index contributed by atoms with van der Waals surface area (Å²) in [6.45, 7) is 10.3. The Labute approximate surface area is 194 Å². The first-order valence-electron chi connectivity index (χ1n) is 10.1. The molecule has 4 heterocycles. The molecule has 29 heavy (non-hydrogen) atoms. The van der Waals surface area contributed by atoms with Crippen LogP contribution >= 0.6 is 35.3 Å². The van der Waals surface area contributed by atoms with E-state index in [4.69, 9.17) is 4.52 Å². The molecule has 0 spiro atoms.